The zero-order chi connectivity index (χ0) is 25.0. The van der Waals surface area contributed by atoms with E-state index in [4.69, 9.17) is 9.84 Å². The maximum absolute atomic E-state index is 12.9. The summed E-state index contributed by atoms with van der Waals surface area (Å²) >= 11 is 0. The molecule has 0 aliphatic rings. The summed E-state index contributed by atoms with van der Waals surface area (Å²) in [5.74, 6) is -1.34. The van der Waals surface area contributed by atoms with Crippen LogP contribution in [0.3, 0.4) is 0 Å². The first-order chi connectivity index (χ1) is 15.3. The molecule has 33 heavy (non-hydrogen) atoms. The molecule has 0 bridgehead atoms. The molecule has 3 aromatic rings. The molecular weight excluding hydrogens is 450 g/mol. The predicted molar refractivity (Wildman–Crippen MR) is 125 cm³/mol. The number of carbonyl (C=O) groups excluding carboxylic acids is 1. The van der Waals surface area contributed by atoms with E-state index >= 15 is 0 Å². The number of esters is 1. The van der Waals surface area contributed by atoms with Gasteiger partial charge in [0.1, 0.15) is 17.7 Å². The summed E-state index contributed by atoms with van der Waals surface area (Å²) in [5, 5.41) is 9.13. The molecule has 1 aromatic carbocycles. The first kappa shape index (κ1) is 26.1. The number of aromatic amines is 2. The number of hydrogen-bond donors (Lipinski definition) is 3. The molecule has 2 heterocycles. The maximum Gasteiger partial charge on any atom is 0.321 e. The maximum atomic E-state index is 12.9. The smallest absolute Gasteiger partial charge is 0.321 e. The van der Waals surface area contributed by atoms with Crippen LogP contribution in [-0.2, 0) is 24.3 Å². The van der Waals surface area contributed by atoms with Gasteiger partial charge in [-0.3, -0.25) is 14.4 Å². The van der Waals surface area contributed by atoms with Gasteiger partial charge in [0.25, 0.3) is 5.56 Å². The highest BCUT2D eigenvalue weighted by atomic mass is 32.2. The summed E-state index contributed by atoms with van der Waals surface area (Å²) in [6.07, 6.45) is 2.64. The van der Waals surface area contributed by atoms with Gasteiger partial charge in [0.05, 0.1) is 4.90 Å². The van der Waals surface area contributed by atoms with Gasteiger partial charge in [0.2, 0.25) is 10.0 Å². The number of aliphatic carboxylic acids is 1. The summed E-state index contributed by atoms with van der Waals surface area (Å²) in [6.45, 7) is 6.58. The molecule has 3 N–H and O–H groups in total. The van der Waals surface area contributed by atoms with Crippen molar-refractivity contribution in [1.82, 2.24) is 14.3 Å². The summed E-state index contributed by atoms with van der Waals surface area (Å²) in [5.41, 5.74) is -0.0729. The minimum atomic E-state index is -3.91. The van der Waals surface area contributed by atoms with Gasteiger partial charge >= 0.3 is 11.9 Å². The molecule has 0 spiro atoms. The lowest BCUT2D eigenvalue weighted by atomic mass is 10.1. The van der Waals surface area contributed by atoms with Crippen molar-refractivity contribution in [2.45, 2.75) is 51.0 Å². The second kappa shape index (κ2) is 10.2. The highest BCUT2D eigenvalue weighted by Crippen LogP contribution is 2.25. The minimum Gasteiger partial charge on any atom is -0.481 e. The molecule has 0 fully saturated rings. The zero-order valence-corrected chi connectivity index (χ0v) is 20.1. The lowest BCUT2D eigenvalue weighted by Gasteiger charge is -2.22. The Morgan fingerprint density at radius 2 is 1.82 bits per heavy atom. The number of fused-ring (bicyclic) bond motifs is 3. The van der Waals surface area contributed by atoms with Crippen molar-refractivity contribution in [1.29, 1.82) is 0 Å². The molecule has 0 atom stereocenters. The van der Waals surface area contributed by atoms with Gasteiger partial charge in [-0.2, -0.15) is 4.31 Å². The van der Waals surface area contributed by atoms with Crippen LogP contribution in [-0.4, -0.2) is 58.9 Å². The minimum absolute atomic E-state index is 0.0237. The highest BCUT2D eigenvalue weighted by molar-refractivity contribution is 7.89. The van der Waals surface area contributed by atoms with Crippen molar-refractivity contribution in [2.24, 2.45) is 0 Å². The zero-order valence-electron chi connectivity index (χ0n) is 19.3. The highest BCUT2D eigenvalue weighted by Gasteiger charge is 2.26. The van der Waals surface area contributed by atoms with Crippen LogP contribution < -0.4 is 5.56 Å². The number of nitrogens with zero attached hydrogens (tertiary/aromatic N) is 1. The number of nitrogens with one attached hydrogen (secondary N) is 2. The van der Waals surface area contributed by atoms with E-state index in [0.29, 0.717) is 28.2 Å². The Labute approximate surface area is 191 Å². The van der Waals surface area contributed by atoms with Crippen molar-refractivity contribution < 1.29 is 27.9 Å². The van der Waals surface area contributed by atoms with Gasteiger partial charge in [-0.05, 0) is 51.5 Å². The van der Waals surface area contributed by atoms with Gasteiger partial charge in [0, 0.05) is 36.0 Å². The number of H-pyrrole nitrogens is 2. The van der Waals surface area contributed by atoms with Crippen LogP contribution in [0.4, 0.5) is 0 Å². The molecular formula is C22H29N3O7S. The first-order valence-corrected chi connectivity index (χ1v) is 11.7. The Morgan fingerprint density at radius 3 is 2.36 bits per heavy atom. The van der Waals surface area contributed by atoms with Crippen LogP contribution in [0.5, 0.6) is 0 Å². The molecule has 10 nitrogen and oxygen atoms in total. The average molecular weight is 480 g/mol. The second-order valence-electron chi connectivity index (χ2n) is 8.42. The largest absolute Gasteiger partial charge is 0.481 e. The van der Waals surface area contributed by atoms with Crippen LogP contribution in [0.1, 0.15) is 40.5 Å². The average Bonchev–Trinajstić information content (AvgIpc) is 3.17. The van der Waals surface area contributed by atoms with Crippen LogP contribution >= 0.6 is 0 Å². The van der Waals surface area contributed by atoms with Crippen LogP contribution in [0.2, 0.25) is 0 Å². The number of carbonyl (C=O) groups is 2. The van der Waals surface area contributed by atoms with Crippen molar-refractivity contribution in [2.75, 3.05) is 13.6 Å². The number of rotatable bonds is 6. The van der Waals surface area contributed by atoms with E-state index in [1.165, 1.54) is 25.2 Å². The molecule has 3 rings (SSSR count). The number of ether oxygens (including phenoxy) is 1. The molecule has 180 valence electrons. The van der Waals surface area contributed by atoms with Crippen LogP contribution in [0.25, 0.3) is 21.8 Å². The molecule has 0 amide bonds. The fourth-order valence-electron chi connectivity index (χ4n) is 3.02. The van der Waals surface area contributed by atoms with Gasteiger partial charge < -0.3 is 19.8 Å². The Hall–Kier alpha value is -3.18. The van der Waals surface area contributed by atoms with Crippen LogP contribution in [0, 0.1) is 0 Å². The first-order valence-electron chi connectivity index (χ1n) is 10.3. The van der Waals surface area contributed by atoms with Gasteiger partial charge in [-0.15, -0.1) is 0 Å². The van der Waals surface area contributed by atoms with E-state index in [-0.39, 0.29) is 10.5 Å². The normalized spacial score (nSPS) is 11.9. The van der Waals surface area contributed by atoms with E-state index < -0.39 is 34.1 Å². The van der Waals surface area contributed by atoms with Crippen molar-refractivity contribution in [3.8, 4) is 0 Å². The lowest BCUT2D eigenvalue weighted by Crippen LogP contribution is -2.36. The number of sulfonamides is 1. The summed E-state index contributed by atoms with van der Waals surface area (Å²) < 4.78 is 31.8. The molecule has 0 saturated carbocycles. The van der Waals surface area contributed by atoms with Crippen molar-refractivity contribution in [3.63, 3.8) is 0 Å². The second-order valence-corrected chi connectivity index (χ2v) is 10.5. The van der Waals surface area contributed by atoms with E-state index in [1.807, 2.05) is 6.92 Å². The third-order valence-corrected chi connectivity index (χ3v) is 6.25. The van der Waals surface area contributed by atoms with Crippen molar-refractivity contribution >= 4 is 43.8 Å². The number of hydrogen-bond acceptors (Lipinski definition) is 6. The quantitative estimate of drug-likeness (QED) is 0.460. The lowest BCUT2D eigenvalue weighted by molar-refractivity contribution is -0.154. The SMILES string of the molecule is CCCC(=O)O.CN(CC(=O)OC(C)(C)C)S(=O)(=O)c1ccc2[nH]c(=O)c3[nH]ccc3c2c1. The molecule has 0 radical (unpaired) electrons. The standard InChI is InChI=1S/C18H21N3O5S.C4H8O2/c1-18(2,3)26-15(22)10-21(4)27(24,25)11-5-6-14-13(9-11)12-7-8-19-16(12)17(23)20-14;1-2-3-4(5)6/h5-9,19H,10H2,1-4H3,(H,20,23);2-3H2,1H3,(H,5,6). The Bertz CT molecular complexity index is 1320. The Kier molecular flexibility index (Phi) is 8.04. The number of aromatic nitrogens is 2. The fourth-order valence-corrected chi connectivity index (χ4v) is 4.16. The number of benzene rings is 1. The van der Waals surface area contributed by atoms with E-state index in [1.54, 1.807) is 33.0 Å². The molecule has 11 heteroatoms. The molecule has 2 aromatic heterocycles. The van der Waals surface area contributed by atoms with Gasteiger partial charge in [-0.1, -0.05) is 6.92 Å². The molecule has 0 unspecified atom stereocenters. The third-order valence-electron chi connectivity index (χ3n) is 4.45. The predicted octanol–water partition coefficient (Wildman–Crippen LogP) is 2.84. The number of likely N-dealkylation sites (N-methyl/N-ethyl adjacent to an activating group) is 1. The fraction of sp³-hybridized carbons (Fsp3) is 0.409. The third kappa shape index (κ3) is 6.65. The molecule has 0 aliphatic heterocycles. The number of carboxylic acids is 1. The number of pyridine rings is 1. The molecule has 0 aliphatic carbocycles. The van der Waals surface area contributed by atoms with E-state index in [0.717, 1.165) is 10.7 Å². The van der Waals surface area contributed by atoms with Crippen LogP contribution in [0.15, 0.2) is 40.2 Å². The Balaban J connectivity index is 0.000000569. The van der Waals surface area contributed by atoms with Gasteiger partial charge in [0.15, 0.2) is 0 Å². The summed E-state index contributed by atoms with van der Waals surface area (Å²) in [6, 6.07) is 6.14. The Morgan fingerprint density at radius 1 is 1.15 bits per heavy atom. The summed E-state index contributed by atoms with van der Waals surface area (Å²) in [7, 11) is -2.59. The van der Waals surface area contributed by atoms with E-state index in [9.17, 15) is 22.8 Å². The molecule has 0 saturated heterocycles. The summed E-state index contributed by atoms with van der Waals surface area (Å²) in [4.78, 5) is 39.2. The topological polar surface area (TPSA) is 150 Å². The van der Waals surface area contributed by atoms with E-state index in [2.05, 4.69) is 9.97 Å². The van der Waals surface area contributed by atoms with Crippen molar-refractivity contribution in [3.05, 3.63) is 40.8 Å². The van der Waals surface area contributed by atoms with Gasteiger partial charge in [-0.25, -0.2) is 8.42 Å². The monoisotopic (exact) mass is 479 g/mol. The number of carboxylic acid groups (broad SMARTS) is 1.